The largest absolute Gasteiger partial charge is 0.381 e. The minimum absolute atomic E-state index is 0.541. The van der Waals surface area contributed by atoms with Gasteiger partial charge in [-0.3, -0.25) is 0 Å². The van der Waals surface area contributed by atoms with Crippen LogP contribution >= 0.6 is 0 Å². The highest BCUT2D eigenvalue weighted by Crippen LogP contribution is 2.64. The number of hydrogen-bond donors (Lipinski definition) is 0. The van der Waals surface area contributed by atoms with E-state index in [1.54, 1.807) is 0 Å². The molecule has 0 N–H and O–H groups in total. The Morgan fingerprint density at radius 1 is 1.28 bits per heavy atom. The van der Waals surface area contributed by atoms with Crippen LogP contribution in [0.3, 0.4) is 0 Å². The van der Waals surface area contributed by atoms with Gasteiger partial charge in [0.25, 0.3) is 0 Å². The van der Waals surface area contributed by atoms with Crippen LogP contribution in [0.1, 0.15) is 52.4 Å². The second-order valence-corrected chi connectivity index (χ2v) is 7.06. The highest BCUT2D eigenvalue weighted by atomic mass is 16.5. The van der Waals surface area contributed by atoms with Crippen molar-refractivity contribution in [1.82, 2.24) is 0 Å². The van der Waals surface area contributed by atoms with Crippen LogP contribution in [0, 0.1) is 23.2 Å². The number of fused-ring (bicyclic) bond motifs is 1. The predicted molar refractivity (Wildman–Crippen MR) is 72.5 cm³/mol. The highest BCUT2D eigenvalue weighted by molar-refractivity contribution is 5.06. The summed E-state index contributed by atoms with van der Waals surface area (Å²) in [6.45, 7) is 7.47. The molecule has 0 amide bonds. The van der Waals surface area contributed by atoms with E-state index in [9.17, 15) is 0 Å². The van der Waals surface area contributed by atoms with Crippen LogP contribution in [0.4, 0.5) is 0 Å². The third kappa shape index (κ3) is 2.60. The number of ether oxygens (including phenoxy) is 2. The second kappa shape index (κ2) is 5.13. The monoisotopic (exact) mass is 252 g/mol. The molecule has 0 aromatic rings. The zero-order valence-corrected chi connectivity index (χ0v) is 12.0. The highest BCUT2D eigenvalue weighted by Gasteiger charge is 2.56. The summed E-state index contributed by atoms with van der Waals surface area (Å²) in [6.07, 6.45) is 8.80. The van der Waals surface area contributed by atoms with Gasteiger partial charge in [-0.25, -0.2) is 0 Å². The SMILES string of the molecule is CCO[C@H]1C[C@@H](C)C[C@@]2(C[C@H]3CCOC3)C[C@@H]2C1. The Hall–Kier alpha value is -0.0800. The van der Waals surface area contributed by atoms with E-state index in [1.807, 2.05) is 0 Å². The van der Waals surface area contributed by atoms with Gasteiger partial charge in [-0.15, -0.1) is 0 Å². The van der Waals surface area contributed by atoms with Crippen LogP contribution in [0.15, 0.2) is 0 Å². The van der Waals surface area contributed by atoms with E-state index in [2.05, 4.69) is 13.8 Å². The van der Waals surface area contributed by atoms with Gasteiger partial charge >= 0.3 is 0 Å². The van der Waals surface area contributed by atoms with Crippen molar-refractivity contribution >= 4 is 0 Å². The number of hydrogen-bond acceptors (Lipinski definition) is 2. The maximum absolute atomic E-state index is 5.92. The zero-order chi connectivity index (χ0) is 12.6. The molecule has 5 atom stereocenters. The molecule has 3 aliphatic rings. The normalized spacial score (nSPS) is 47.7. The zero-order valence-electron chi connectivity index (χ0n) is 12.0. The summed E-state index contributed by atoms with van der Waals surface area (Å²) in [5.74, 6) is 2.65. The van der Waals surface area contributed by atoms with E-state index in [-0.39, 0.29) is 0 Å². The van der Waals surface area contributed by atoms with Crippen LogP contribution < -0.4 is 0 Å². The Morgan fingerprint density at radius 3 is 2.89 bits per heavy atom. The number of rotatable bonds is 4. The third-order valence-electron chi connectivity index (χ3n) is 5.45. The van der Waals surface area contributed by atoms with Crippen molar-refractivity contribution < 1.29 is 9.47 Å². The van der Waals surface area contributed by atoms with Gasteiger partial charge in [-0.2, -0.15) is 0 Å². The summed E-state index contributed by atoms with van der Waals surface area (Å²) in [4.78, 5) is 0. The van der Waals surface area contributed by atoms with E-state index in [0.29, 0.717) is 11.5 Å². The standard InChI is InChI=1S/C16H28O2/c1-3-18-15-6-12(2)8-16(10-14(16)7-15)9-13-4-5-17-11-13/h12-15H,3-11H2,1-2H3/t12-,13-,14+,15+,16-/m1/s1. The molecule has 0 aromatic carbocycles. The Morgan fingerprint density at radius 2 is 2.17 bits per heavy atom. The van der Waals surface area contributed by atoms with Crippen molar-refractivity contribution in [1.29, 1.82) is 0 Å². The van der Waals surface area contributed by atoms with Gasteiger partial charge in [0.15, 0.2) is 0 Å². The molecular weight excluding hydrogens is 224 g/mol. The first kappa shape index (κ1) is 12.9. The van der Waals surface area contributed by atoms with Gasteiger partial charge in [0.2, 0.25) is 0 Å². The first-order chi connectivity index (χ1) is 8.72. The first-order valence-electron chi connectivity index (χ1n) is 7.91. The molecule has 0 spiro atoms. The van der Waals surface area contributed by atoms with Gasteiger partial charge in [-0.1, -0.05) is 6.92 Å². The Labute approximate surface area is 111 Å². The molecule has 104 valence electrons. The molecule has 0 bridgehead atoms. The predicted octanol–water partition coefficient (Wildman–Crippen LogP) is 3.64. The third-order valence-corrected chi connectivity index (χ3v) is 5.45. The van der Waals surface area contributed by atoms with Gasteiger partial charge in [-0.05, 0) is 68.6 Å². The van der Waals surface area contributed by atoms with Crippen molar-refractivity contribution in [2.24, 2.45) is 23.2 Å². The van der Waals surface area contributed by atoms with E-state index >= 15 is 0 Å². The van der Waals surface area contributed by atoms with E-state index < -0.39 is 0 Å². The minimum Gasteiger partial charge on any atom is -0.381 e. The summed E-state index contributed by atoms with van der Waals surface area (Å²) in [5.41, 5.74) is 0.684. The molecule has 0 radical (unpaired) electrons. The first-order valence-corrected chi connectivity index (χ1v) is 7.91. The van der Waals surface area contributed by atoms with Crippen molar-refractivity contribution in [3.63, 3.8) is 0 Å². The van der Waals surface area contributed by atoms with E-state index in [1.165, 1.54) is 38.5 Å². The molecule has 0 unspecified atom stereocenters. The van der Waals surface area contributed by atoms with Gasteiger partial charge in [0, 0.05) is 19.8 Å². The Balaban J connectivity index is 1.60. The van der Waals surface area contributed by atoms with Gasteiger partial charge < -0.3 is 9.47 Å². The summed E-state index contributed by atoms with van der Waals surface area (Å²) in [7, 11) is 0. The molecule has 1 saturated heterocycles. The fraction of sp³-hybridized carbons (Fsp3) is 1.00. The van der Waals surface area contributed by atoms with Crippen molar-refractivity contribution in [3.8, 4) is 0 Å². The van der Waals surface area contributed by atoms with Crippen molar-refractivity contribution in [3.05, 3.63) is 0 Å². The second-order valence-electron chi connectivity index (χ2n) is 7.06. The summed E-state index contributed by atoms with van der Waals surface area (Å²) in [6, 6.07) is 0. The maximum atomic E-state index is 5.92. The Bertz CT molecular complexity index is 285. The Kier molecular flexibility index (Phi) is 3.68. The molecule has 2 aliphatic carbocycles. The molecule has 18 heavy (non-hydrogen) atoms. The lowest BCUT2D eigenvalue weighted by Crippen LogP contribution is -2.16. The van der Waals surface area contributed by atoms with E-state index in [4.69, 9.17) is 9.47 Å². The van der Waals surface area contributed by atoms with Gasteiger partial charge in [0.1, 0.15) is 0 Å². The minimum atomic E-state index is 0.541. The molecule has 2 saturated carbocycles. The molecule has 3 rings (SSSR count). The lowest BCUT2D eigenvalue weighted by molar-refractivity contribution is 0.0408. The topological polar surface area (TPSA) is 18.5 Å². The summed E-state index contributed by atoms with van der Waals surface area (Å²) >= 11 is 0. The van der Waals surface area contributed by atoms with Crippen molar-refractivity contribution in [2.45, 2.75) is 58.5 Å². The average Bonchev–Trinajstić information content (AvgIpc) is 2.73. The lowest BCUT2D eigenvalue weighted by Gasteiger charge is -2.22. The molecule has 2 heteroatoms. The van der Waals surface area contributed by atoms with Crippen LogP contribution in [0.5, 0.6) is 0 Å². The smallest absolute Gasteiger partial charge is 0.0580 e. The van der Waals surface area contributed by atoms with Crippen LogP contribution in [-0.4, -0.2) is 25.9 Å². The summed E-state index contributed by atoms with van der Waals surface area (Å²) in [5, 5.41) is 0. The van der Waals surface area contributed by atoms with Crippen LogP contribution in [0.25, 0.3) is 0 Å². The molecule has 1 aliphatic heterocycles. The average molecular weight is 252 g/mol. The quantitative estimate of drug-likeness (QED) is 0.760. The molecule has 2 nitrogen and oxygen atoms in total. The van der Waals surface area contributed by atoms with Crippen LogP contribution in [0.2, 0.25) is 0 Å². The fourth-order valence-electron chi connectivity index (χ4n) is 4.68. The molecule has 0 aromatic heterocycles. The fourth-order valence-corrected chi connectivity index (χ4v) is 4.68. The molecule has 3 fully saturated rings. The summed E-state index contributed by atoms with van der Waals surface area (Å²) < 4.78 is 11.5. The molecule has 1 heterocycles. The van der Waals surface area contributed by atoms with Crippen LogP contribution in [-0.2, 0) is 9.47 Å². The van der Waals surface area contributed by atoms with Gasteiger partial charge in [0.05, 0.1) is 6.10 Å². The van der Waals surface area contributed by atoms with Crippen molar-refractivity contribution in [2.75, 3.05) is 19.8 Å². The lowest BCUT2D eigenvalue weighted by atomic mass is 9.83. The van der Waals surface area contributed by atoms with E-state index in [0.717, 1.165) is 37.6 Å². The molecular formula is C16H28O2. The maximum Gasteiger partial charge on any atom is 0.0580 e.